The minimum atomic E-state index is -0.191. The minimum absolute atomic E-state index is 0.0161. The molecule has 0 N–H and O–H groups in total. The molecular formula is C13H15ClN2O. The first-order chi connectivity index (χ1) is 8.29. The standard InChI is InChI=1S/C13H15ClN2O/c14-12-13(10-2-5-16(12)6-3-10)7-9-8-15-4-1-11(9)17-13/h1,4,8,10,12H,2-3,5-7H2. The van der Waals surface area contributed by atoms with Crippen molar-refractivity contribution in [3.8, 4) is 5.75 Å². The molecule has 3 nitrogen and oxygen atoms in total. The summed E-state index contributed by atoms with van der Waals surface area (Å²) in [7, 11) is 0. The van der Waals surface area contributed by atoms with E-state index in [2.05, 4.69) is 9.88 Å². The molecule has 0 aromatic carbocycles. The van der Waals surface area contributed by atoms with Crippen molar-refractivity contribution in [1.82, 2.24) is 9.88 Å². The zero-order valence-electron chi connectivity index (χ0n) is 9.60. The molecule has 2 bridgehead atoms. The lowest BCUT2D eigenvalue weighted by molar-refractivity contribution is -0.0972. The zero-order chi connectivity index (χ0) is 11.5. The van der Waals surface area contributed by atoms with Gasteiger partial charge in [0.05, 0.1) is 0 Å². The first kappa shape index (κ1) is 10.2. The van der Waals surface area contributed by atoms with Crippen LogP contribution in [0.1, 0.15) is 18.4 Å². The molecule has 0 amide bonds. The fraction of sp³-hybridized carbons (Fsp3) is 0.615. The normalized spacial score (nSPS) is 42.5. The Kier molecular flexibility index (Phi) is 2.01. The van der Waals surface area contributed by atoms with E-state index >= 15 is 0 Å². The van der Waals surface area contributed by atoms with Crippen LogP contribution >= 0.6 is 11.6 Å². The molecule has 90 valence electrons. The monoisotopic (exact) mass is 250 g/mol. The van der Waals surface area contributed by atoms with Gasteiger partial charge >= 0.3 is 0 Å². The van der Waals surface area contributed by atoms with Gasteiger partial charge in [0.2, 0.25) is 0 Å². The Morgan fingerprint density at radius 2 is 2.24 bits per heavy atom. The number of piperidine rings is 3. The molecule has 3 fully saturated rings. The average molecular weight is 251 g/mol. The number of hydrogen-bond acceptors (Lipinski definition) is 3. The highest BCUT2D eigenvalue weighted by molar-refractivity contribution is 6.21. The summed E-state index contributed by atoms with van der Waals surface area (Å²) < 4.78 is 6.27. The van der Waals surface area contributed by atoms with Crippen molar-refractivity contribution < 1.29 is 4.74 Å². The molecule has 3 saturated heterocycles. The Bertz CT molecular complexity index is 427. The molecule has 5 heterocycles. The maximum atomic E-state index is 6.65. The Morgan fingerprint density at radius 1 is 1.41 bits per heavy atom. The predicted molar refractivity (Wildman–Crippen MR) is 65.2 cm³/mol. The lowest BCUT2D eigenvalue weighted by atomic mass is 9.73. The van der Waals surface area contributed by atoms with Crippen LogP contribution in [0.2, 0.25) is 0 Å². The van der Waals surface area contributed by atoms with E-state index in [0.29, 0.717) is 5.92 Å². The van der Waals surface area contributed by atoms with Crippen molar-refractivity contribution in [1.29, 1.82) is 0 Å². The average Bonchev–Trinajstić information content (AvgIpc) is 2.76. The van der Waals surface area contributed by atoms with Crippen molar-refractivity contribution >= 4 is 11.6 Å². The summed E-state index contributed by atoms with van der Waals surface area (Å²) >= 11 is 6.65. The molecule has 4 heteroatoms. The van der Waals surface area contributed by atoms with E-state index < -0.39 is 0 Å². The second-order valence-corrected chi connectivity index (χ2v) is 5.78. The molecule has 17 heavy (non-hydrogen) atoms. The van der Waals surface area contributed by atoms with Crippen LogP contribution in [0.15, 0.2) is 18.5 Å². The summed E-state index contributed by atoms with van der Waals surface area (Å²) in [6, 6.07) is 1.96. The smallest absolute Gasteiger partial charge is 0.145 e. The van der Waals surface area contributed by atoms with Crippen LogP contribution in [0.5, 0.6) is 5.75 Å². The molecule has 1 aromatic heterocycles. The maximum absolute atomic E-state index is 6.65. The van der Waals surface area contributed by atoms with E-state index in [4.69, 9.17) is 16.3 Å². The highest BCUT2D eigenvalue weighted by atomic mass is 35.5. The molecule has 4 aliphatic heterocycles. The maximum Gasteiger partial charge on any atom is 0.145 e. The van der Waals surface area contributed by atoms with Crippen LogP contribution in [0.4, 0.5) is 0 Å². The summed E-state index contributed by atoms with van der Waals surface area (Å²) in [4.78, 5) is 6.55. The molecule has 0 saturated carbocycles. The summed E-state index contributed by atoms with van der Waals surface area (Å²) in [5, 5.41) is 0. The van der Waals surface area contributed by atoms with E-state index in [1.54, 1.807) is 6.20 Å². The second kappa shape index (κ2) is 3.36. The molecule has 1 aromatic rings. The van der Waals surface area contributed by atoms with Gasteiger partial charge in [-0.15, -0.1) is 11.6 Å². The first-order valence-electron chi connectivity index (χ1n) is 6.30. The fourth-order valence-corrected chi connectivity index (χ4v) is 4.16. The summed E-state index contributed by atoms with van der Waals surface area (Å²) in [5.41, 5.74) is 1.04. The van der Waals surface area contributed by atoms with Crippen molar-refractivity contribution in [2.75, 3.05) is 13.1 Å². The Labute approximate surface area is 106 Å². The minimum Gasteiger partial charge on any atom is -0.483 e. The summed E-state index contributed by atoms with van der Waals surface area (Å²) in [6.07, 6.45) is 7.06. The first-order valence-corrected chi connectivity index (χ1v) is 6.73. The van der Waals surface area contributed by atoms with Gasteiger partial charge in [-0.3, -0.25) is 9.88 Å². The van der Waals surface area contributed by atoms with Gasteiger partial charge in [0, 0.05) is 43.4 Å². The van der Waals surface area contributed by atoms with Gasteiger partial charge in [0.15, 0.2) is 0 Å². The number of hydrogen-bond donors (Lipinski definition) is 0. The van der Waals surface area contributed by atoms with E-state index in [0.717, 1.165) is 25.3 Å². The predicted octanol–water partition coefficient (Wildman–Crippen LogP) is 2.05. The van der Waals surface area contributed by atoms with Crippen LogP contribution in [-0.2, 0) is 6.42 Å². The van der Waals surface area contributed by atoms with Gasteiger partial charge in [-0.05, 0) is 18.9 Å². The third-order valence-electron chi connectivity index (χ3n) is 4.57. The Morgan fingerprint density at radius 3 is 2.94 bits per heavy atom. The number of fused-ring (bicyclic) bond motifs is 3. The number of halogens is 1. The molecule has 2 atom stereocenters. The van der Waals surface area contributed by atoms with E-state index in [1.807, 2.05) is 12.3 Å². The summed E-state index contributed by atoms with van der Waals surface area (Å²) in [5.74, 6) is 1.58. The summed E-state index contributed by atoms with van der Waals surface area (Å²) in [6.45, 7) is 2.25. The van der Waals surface area contributed by atoms with Crippen LogP contribution in [0, 0.1) is 5.92 Å². The Hall–Kier alpha value is -0.800. The van der Waals surface area contributed by atoms with E-state index in [9.17, 15) is 0 Å². The van der Waals surface area contributed by atoms with Crippen LogP contribution in [-0.4, -0.2) is 34.1 Å². The lowest BCUT2D eigenvalue weighted by Gasteiger charge is -2.54. The molecule has 4 aliphatic rings. The third-order valence-corrected chi connectivity index (χ3v) is 5.22. The molecule has 5 rings (SSSR count). The molecular weight excluding hydrogens is 236 g/mol. The van der Waals surface area contributed by atoms with Crippen molar-refractivity contribution in [2.24, 2.45) is 5.92 Å². The topological polar surface area (TPSA) is 25.4 Å². The van der Waals surface area contributed by atoms with E-state index in [-0.39, 0.29) is 11.1 Å². The number of pyridine rings is 1. The number of rotatable bonds is 0. The molecule has 2 unspecified atom stereocenters. The highest BCUT2D eigenvalue weighted by Gasteiger charge is 2.57. The zero-order valence-corrected chi connectivity index (χ0v) is 10.4. The van der Waals surface area contributed by atoms with Crippen LogP contribution in [0.25, 0.3) is 0 Å². The highest BCUT2D eigenvalue weighted by Crippen LogP contribution is 2.50. The molecule has 0 aliphatic carbocycles. The second-order valence-electron chi connectivity index (χ2n) is 5.36. The lowest BCUT2D eigenvalue weighted by Crippen LogP contribution is -2.65. The van der Waals surface area contributed by atoms with E-state index in [1.165, 1.54) is 18.4 Å². The molecule has 1 spiro atoms. The van der Waals surface area contributed by atoms with Crippen molar-refractivity contribution in [3.63, 3.8) is 0 Å². The molecule has 0 radical (unpaired) electrons. The Balaban J connectivity index is 1.76. The number of alkyl halides is 1. The van der Waals surface area contributed by atoms with Gasteiger partial charge < -0.3 is 4.74 Å². The largest absolute Gasteiger partial charge is 0.483 e. The van der Waals surface area contributed by atoms with Crippen molar-refractivity contribution in [2.45, 2.75) is 30.4 Å². The fourth-order valence-electron chi connectivity index (χ4n) is 3.66. The number of aromatic nitrogens is 1. The van der Waals surface area contributed by atoms with Crippen molar-refractivity contribution in [3.05, 3.63) is 24.0 Å². The quantitative estimate of drug-likeness (QED) is 0.521. The van der Waals surface area contributed by atoms with Gasteiger partial charge in [0.1, 0.15) is 16.9 Å². The number of ether oxygens (including phenoxy) is 1. The van der Waals surface area contributed by atoms with Gasteiger partial charge in [0.25, 0.3) is 0 Å². The van der Waals surface area contributed by atoms with Gasteiger partial charge in [-0.25, -0.2) is 0 Å². The van der Waals surface area contributed by atoms with Gasteiger partial charge in [-0.1, -0.05) is 0 Å². The SMILES string of the molecule is ClC1N2CCC(CC2)C12Cc1cnccc1O2. The third kappa shape index (κ3) is 1.24. The van der Waals surface area contributed by atoms with Crippen LogP contribution in [0.3, 0.4) is 0 Å². The number of nitrogens with zero attached hydrogens (tertiary/aromatic N) is 2. The van der Waals surface area contributed by atoms with Crippen LogP contribution < -0.4 is 4.74 Å². The van der Waals surface area contributed by atoms with Gasteiger partial charge in [-0.2, -0.15) is 0 Å².